The summed E-state index contributed by atoms with van der Waals surface area (Å²) in [5, 5.41) is 5.89. The Morgan fingerprint density at radius 1 is 1.56 bits per heavy atom. The molecular formula is C12H12BrN3OS. The number of carbonyl (C=O) groups is 1. The summed E-state index contributed by atoms with van der Waals surface area (Å²) in [4.78, 5) is 20.2. The second-order valence-corrected chi connectivity index (χ2v) is 5.61. The number of aryl methyl sites for hydroxylation is 1. The number of rotatable bonds is 4. The molecule has 0 radical (unpaired) electrons. The molecule has 94 valence electrons. The van der Waals surface area contributed by atoms with E-state index >= 15 is 0 Å². The largest absolute Gasteiger partial charge is 0.350 e. The predicted octanol–water partition coefficient (Wildman–Crippen LogP) is 2.58. The van der Waals surface area contributed by atoms with Gasteiger partial charge in [-0.1, -0.05) is 0 Å². The summed E-state index contributed by atoms with van der Waals surface area (Å²) in [5.74, 6) is -0.172. The number of carbonyl (C=O) groups excluding carboxylic acids is 1. The zero-order valence-corrected chi connectivity index (χ0v) is 12.2. The van der Waals surface area contributed by atoms with Crippen molar-refractivity contribution < 1.29 is 4.79 Å². The Kier molecular flexibility index (Phi) is 4.43. The first-order valence-electron chi connectivity index (χ1n) is 5.46. The highest BCUT2D eigenvalue weighted by Crippen LogP contribution is 2.13. The minimum Gasteiger partial charge on any atom is -0.350 e. The van der Waals surface area contributed by atoms with Crippen LogP contribution in [0.25, 0.3) is 0 Å². The van der Waals surface area contributed by atoms with Gasteiger partial charge in [-0.15, -0.1) is 11.3 Å². The van der Waals surface area contributed by atoms with Crippen molar-refractivity contribution in [2.45, 2.75) is 13.3 Å². The van der Waals surface area contributed by atoms with Crippen molar-refractivity contribution in [1.29, 1.82) is 0 Å². The lowest BCUT2D eigenvalue weighted by atomic mass is 10.3. The van der Waals surface area contributed by atoms with Crippen molar-refractivity contribution in [3.63, 3.8) is 0 Å². The van der Waals surface area contributed by atoms with Gasteiger partial charge in [0.25, 0.3) is 5.91 Å². The Morgan fingerprint density at radius 2 is 2.39 bits per heavy atom. The van der Waals surface area contributed by atoms with Crippen molar-refractivity contribution in [1.82, 2.24) is 15.3 Å². The monoisotopic (exact) mass is 325 g/mol. The van der Waals surface area contributed by atoms with Crippen molar-refractivity contribution in [3.8, 4) is 0 Å². The maximum Gasteiger partial charge on any atom is 0.271 e. The summed E-state index contributed by atoms with van der Waals surface area (Å²) in [6.07, 6.45) is 2.34. The van der Waals surface area contributed by atoms with Gasteiger partial charge in [0.15, 0.2) is 0 Å². The number of aromatic nitrogens is 2. The second-order valence-electron chi connectivity index (χ2n) is 3.70. The molecule has 2 aromatic rings. The van der Waals surface area contributed by atoms with Crippen LogP contribution in [-0.2, 0) is 6.42 Å². The second kappa shape index (κ2) is 6.06. The van der Waals surface area contributed by atoms with Crippen molar-refractivity contribution in [2.75, 3.05) is 6.54 Å². The molecule has 2 rings (SSSR count). The van der Waals surface area contributed by atoms with E-state index in [0.717, 1.165) is 17.1 Å². The summed E-state index contributed by atoms with van der Waals surface area (Å²) in [6.45, 7) is 2.53. The van der Waals surface area contributed by atoms with E-state index in [2.05, 4.69) is 31.2 Å². The summed E-state index contributed by atoms with van der Waals surface area (Å²) in [7, 11) is 0. The van der Waals surface area contributed by atoms with Crippen LogP contribution in [0.5, 0.6) is 0 Å². The third-order valence-corrected chi connectivity index (χ3v) is 3.77. The molecule has 2 heterocycles. The quantitative estimate of drug-likeness (QED) is 0.940. The zero-order chi connectivity index (χ0) is 13.0. The molecule has 1 amide bonds. The number of nitrogens with zero attached hydrogens (tertiary/aromatic N) is 2. The number of halogens is 1. The van der Waals surface area contributed by atoms with E-state index in [-0.39, 0.29) is 5.91 Å². The van der Waals surface area contributed by atoms with E-state index in [1.807, 2.05) is 12.3 Å². The Balaban J connectivity index is 1.87. The van der Waals surface area contributed by atoms with Gasteiger partial charge in [0.1, 0.15) is 5.69 Å². The first-order chi connectivity index (χ1) is 8.66. The number of nitrogens with one attached hydrogen (secondary N) is 1. The normalized spacial score (nSPS) is 10.3. The molecule has 4 nitrogen and oxygen atoms in total. The van der Waals surface area contributed by atoms with Crippen LogP contribution in [0.4, 0.5) is 0 Å². The highest BCUT2D eigenvalue weighted by molar-refractivity contribution is 9.10. The van der Waals surface area contributed by atoms with E-state index in [1.54, 1.807) is 29.7 Å². The third-order valence-electron chi connectivity index (χ3n) is 2.31. The van der Waals surface area contributed by atoms with E-state index in [9.17, 15) is 4.79 Å². The minimum atomic E-state index is -0.172. The summed E-state index contributed by atoms with van der Waals surface area (Å²) >= 11 is 4.92. The fourth-order valence-electron chi connectivity index (χ4n) is 1.46. The van der Waals surface area contributed by atoms with Crippen LogP contribution in [0.15, 0.2) is 28.2 Å². The fourth-order valence-corrected chi connectivity index (χ4v) is 2.55. The Bertz CT molecular complexity index is 556. The Morgan fingerprint density at radius 3 is 3.06 bits per heavy atom. The number of thiazole rings is 1. The van der Waals surface area contributed by atoms with Gasteiger partial charge in [0, 0.05) is 29.0 Å². The first-order valence-corrected chi connectivity index (χ1v) is 7.14. The van der Waals surface area contributed by atoms with Gasteiger partial charge in [-0.25, -0.2) is 9.97 Å². The number of amides is 1. The lowest BCUT2D eigenvalue weighted by molar-refractivity contribution is 0.0948. The van der Waals surface area contributed by atoms with E-state index in [4.69, 9.17) is 0 Å². The molecule has 2 aromatic heterocycles. The van der Waals surface area contributed by atoms with Crippen LogP contribution in [0, 0.1) is 6.92 Å². The fraction of sp³-hybridized carbons (Fsp3) is 0.250. The molecule has 0 saturated heterocycles. The molecular weight excluding hydrogens is 314 g/mol. The molecule has 6 heteroatoms. The number of hydrogen-bond acceptors (Lipinski definition) is 4. The molecule has 0 spiro atoms. The average Bonchev–Trinajstić information content (AvgIpc) is 2.75. The number of pyridine rings is 1. The van der Waals surface area contributed by atoms with E-state index < -0.39 is 0 Å². The molecule has 0 bridgehead atoms. The van der Waals surface area contributed by atoms with E-state index in [0.29, 0.717) is 16.7 Å². The van der Waals surface area contributed by atoms with Gasteiger partial charge in [-0.2, -0.15) is 0 Å². The molecule has 0 aliphatic heterocycles. The smallest absolute Gasteiger partial charge is 0.271 e. The molecule has 1 N–H and O–H groups in total. The van der Waals surface area contributed by atoms with Crippen LogP contribution < -0.4 is 5.32 Å². The van der Waals surface area contributed by atoms with Crippen LogP contribution in [0.2, 0.25) is 0 Å². The molecule has 0 saturated carbocycles. The Labute approximate surface area is 118 Å². The first kappa shape index (κ1) is 13.2. The maximum absolute atomic E-state index is 11.8. The molecule has 0 atom stereocenters. The molecule has 0 fully saturated rings. The molecule has 0 unspecified atom stereocenters. The molecule has 18 heavy (non-hydrogen) atoms. The summed E-state index contributed by atoms with van der Waals surface area (Å²) < 4.78 is 0.701. The summed E-state index contributed by atoms with van der Waals surface area (Å²) in [6, 6.07) is 3.57. The number of hydrogen-bond donors (Lipinski definition) is 1. The van der Waals surface area contributed by atoms with Crippen molar-refractivity contribution in [3.05, 3.63) is 44.6 Å². The topological polar surface area (TPSA) is 54.9 Å². The van der Waals surface area contributed by atoms with Crippen LogP contribution in [-0.4, -0.2) is 22.4 Å². The lowest BCUT2D eigenvalue weighted by Crippen LogP contribution is -2.26. The molecule has 0 aromatic carbocycles. The molecule has 0 aliphatic carbocycles. The van der Waals surface area contributed by atoms with Crippen LogP contribution in [0.3, 0.4) is 0 Å². The standard InChI is InChI=1S/C12H12BrN3OS/c1-8-16-9(7-18-8)4-6-15-12(17)11-10(13)3-2-5-14-11/h2-3,5,7H,4,6H2,1H3,(H,15,17). The van der Waals surface area contributed by atoms with Gasteiger partial charge in [-0.3, -0.25) is 4.79 Å². The SMILES string of the molecule is Cc1nc(CCNC(=O)c2ncccc2Br)cs1. The Hall–Kier alpha value is -1.27. The zero-order valence-electron chi connectivity index (χ0n) is 9.81. The third kappa shape index (κ3) is 3.36. The lowest BCUT2D eigenvalue weighted by Gasteiger charge is -2.04. The predicted molar refractivity (Wildman–Crippen MR) is 74.8 cm³/mol. The highest BCUT2D eigenvalue weighted by atomic mass is 79.9. The minimum absolute atomic E-state index is 0.172. The van der Waals surface area contributed by atoms with Gasteiger partial charge in [-0.05, 0) is 35.0 Å². The molecule has 0 aliphatic rings. The van der Waals surface area contributed by atoms with Gasteiger partial charge < -0.3 is 5.32 Å². The van der Waals surface area contributed by atoms with Gasteiger partial charge in [0.2, 0.25) is 0 Å². The van der Waals surface area contributed by atoms with Crippen LogP contribution >= 0.6 is 27.3 Å². The summed E-state index contributed by atoms with van der Waals surface area (Å²) in [5.41, 5.74) is 1.42. The van der Waals surface area contributed by atoms with Gasteiger partial charge in [0.05, 0.1) is 10.7 Å². The van der Waals surface area contributed by atoms with Crippen molar-refractivity contribution in [2.24, 2.45) is 0 Å². The maximum atomic E-state index is 11.8. The highest BCUT2D eigenvalue weighted by Gasteiger charge is 2.10. The van der Waals surface area contributed by atoms with Crippen LogP contribution in [0.1, 0.15) is 21.2 Å². The van der Waals surface area contributed by atoms with E-state index in [1.165, 1.54) is 0 Å². The van der Waals surface area contributed by atoms with Gasteiger partial charge >= 0.3 is 0 Å². The van der Waals surface area contributed by atoms with Crippen molar-refractivity contribution >= 4 is 33.2 Å². The average molecular weight is 326 g/mol.